The highest BCUT2D eigenvalue weighted by molar-refractivity contribution is 5.93. The van der Waals surface area contributed by atoms with E-state index in [1.807, 2.05) is 49.4 Å². The average molecular weight is 367 g/mol. The normalized spacial score (nSPS) is 16.0. The third-order valence-electron chi connectivity index (χ3n) is 4.74. The summed E-state index contributed by atoms with van der Waals surface area (Å²) in [5.74, 6) is -0.507. The summed E-state index contributed by atoms with van der Waals surface area (Å²) in [6.45, 7) is 5.35. The summed E-state index contributed by atoms with van der Waals surface area (Å²) in [7, 11) is 0. The molecule has 1 unspecified atom stereocenters. The van der Waals surface area contributed by atoms with Gasteiger partial charge in [-0.25, -0.2) is 0 Å². The topological polar surface area (TPSA) is 91.6 Å². The molecular formula is C20H25N5O2. The monoisotopic (exact) mass is 367 g/mol. The summed E-state index contributed by atoms with van der Waals surface area (Å²) in [6.07, 6.45) is 1.66. The number of piperazine rings is 1. The maximum Gasteiger partial charge on any atom is 0.269 e. The molecule has 1 fully saturated rings. The van der Waals surface area contributed by atoms with Crippen molar-refractivity contribution in [1.29, 1.82) is 0 Å². The molecule has 7 heteroatoms. The minimum atomic E-state index is -0.420. The molecule has 0 bridgehead atoms. The van der Waals surface area contributed by atoms with Gasteiger partial charge in [0.1, 0.15) is 11.7 Å². The van der Waals surface area contributed by atoms with Gasteiger partial charge in [0, 0.05) is 44.6 Å². The van der Waals surface area contributed by atoms with Crippen molar-refractivity contribution >= 4 is 17.5 Å². The number of amides is 2. The van der Waals surface area contributed by atoms with Gasteiger partial charge >= 0.3 is 0 Å². The van der Waals surface area contributed by atoms with Gasteiger partial charge in [0.2, 0.25) is 5.91 Å². The number of carbonyl (C=O) groups is 2. The number of nitrogens with one attached hydrogen (secondary N) is 1. The van der Waals surface area contributed by atoms with Gasteiger partial charge in [-0.2, -0.15) is 0 Å². The fourth-order valence-electron chi connectivity index (χ4n) is 3.42. The molecule has 27 heavy (non-hydrogen) atoms. The van der Waals surface area contributed by atoms with E-state index in [0.717, 1.165) is 24.3 Å². The van der Waals surface area contributed by atoms with Crippen molar-refractivity contribution in [2.45, 2.75) is 13.0 Å². The van der Waals surface area contributed by atoms with Gasteiger partial charge in [-0.05, 0) is 24.6 Å². The first-order valence-corrected chi connectivity index (χ1v) is 9.17. The van der Waals surface area contributed by atoms with E-state index in [0.29, 0.717) is 25.3 Å². The first-order chi connectivity index (χ1) is 13.1. The predicted octanol–water partition coefficient (Wildman–Crippen LogP) is 1.18. The van der Waals surface area contributed by atoms with E-state index in [-0.39, 0.29) is 11.8 Å². The van der Waals surface area contributed by atoms with Crippen molar-refractivity contribution in [2.24, 2.45) is 5.73 Å². The zero-order valence-corrected chi connectivity index (χ0v) is 15.5. The second kappa shape index (κ2) is 8.64. The fourth-order valence-corrected chi connectivity index (χ4v) is 3.42. The lowest BCUT2D eigenvalue weighted by Gasteiger charge is -2.39. The Morgan fingerprint density at radius 1 is 1.15 bits per heavy atom. The van der Waals surface area contributed by atoms with Crippen molar-refractivity contribution in [2.75, 3.05) is 37.6 Å². The van der Waals surface area contributed by atoms with Crippen molar-refractivity contribution in [3.63, 3.8) is 0 Å². The Balaban J connectivity index is 1.69. The van der Waals surface area contributed by atoms with Crippen LogP contribution < -0.4 is 16.0 Å². The molecular weight excluding hydrogens is 342 g/mol. The van der Waals surface area contributed by atoms with Crippen LogP contribution in [0.1, 0.15) is 29.0 Å². The summed E-state index contributed by atoms with van der Waals surface area (Å²) < 4.78 is 0. The number of nitrogens with zero attached hydrogens (tertiary/aromatic N) is 3. The number of hydrogen-bond acceptors (Lipinski definition) is 5. The quantitative estimate of drug-likeness (QED) is 0.800. The highest BCUT2D eigenvalue weighted by Gasteiger charge is 2.29. The molecule has 1 aromatic carbocycles. The molecule has 1 aliphatic rings. The maximum absolute atomic E-state index is 12.0. The Bertz CT molecular complexity index is 788. The lowest BCUT2D eigenvalue weighted by molar-refractivity contribution is -0.123. The smallest absolute Gasteiger partial charge is 0.269 e. The third-order valence-corrected chi connectivity index (χ3v) is 4.74. The molecule has 3 N–H and O–H groups in total. The van der Waals surface area contributed by atoms with Crippen LogP contribution in [0.2, 0.25) is 0 Å². The molecule has 0 radical (unpaired) electrons. The first-order valence-electron chi connectivity index (χ1n) is 9.17. The van der Waals surface area contributed by atoms with E-state index in [4.69, 9.17) is 5.73 Å². The minimum absolute atomic E-state index is 0.171. The highest BCUT2D eigenvalue weighted by atomic mass is 16.2. The molecule has 142 valence electrons. The number of hydrogen-bond donors (Lipinski definition) is 2. The Hall–Kier alpha value is -2.93. The van der Waals surface area contributed by atoms with E-state index in [1.54, 1.807) is 6.20 Å². The average Bonchev–Trinajstić information content (AvgIpc) is 2.69. The summed E-state index contributed by atoms with van der Waals surface area (Å²) in [5, 5.41) is 2.77. The van der Waals surface area contributed by atoms with E-state index < -0.39 is 6.04 Å². The third kappa shape index (κ3) is 4.43. The Kier molecular flexibility index (Phi) is 6.03. The number of benzene rings is 1. The molecule has 2 aromatic rings. The molecule has 2 amide bonds. The molecule has 1 atom stereocenters. The first kappa shape index (κ1) is 18.8. The second-order valence-corrected chi connectivity index (χ2v) is 6.50. The number of anilines is 1. The molecule has 0 saturated carbocycles. The van der Waals surface area contributed by atoms with Gasteiger partial charge in [-0.3, -0.25) is 19.5 Å². The van der Waals surface area contributed by atoms with Gasteiger partial charge in [-0.15, -0.1) is 0 Å². The number of primary amides is 1. The van der Waals surface area contributed by atoms with Gasteiger partial charge in [0.05, 0.1) is 0 Å². The van der Waals surface area contributed by atoms with Crippen molar-refractivity contribution in [1.82, 2.24) is 15.2 Å². The van der Waals surface area contributed by atoms with Crippen LogP contribution in [-0.4, -0.2) is 54.4 Å². The van der Waals surface area contributed by atoms with E-state index >= 15 is 0 Å². The van der Waals surface area contributed by atoms with E-state index in [2.05, 4.69) is 20.1 Å². The van der Waals surface area contributed by atoms with Crippen LogP contribution in [0.3, 0.4) is 0 Å². The zero-order valence-electron chi connectivity index (χ0n) is 15.5. The molecule has 1 aliphatic heterocycles. The van der Waals surface area contributed by atoms with Crippen LogP contribution in [0.25, 0.3) is 0 Å². The fraction of sp³-hybridized carbons (Fsp3) is 0.350. The van der Waals surface area contributed by atoms with Crippen LogP contribution in [0.4, 0.5) is 5.69 Å². The Morgan fingerprint density at radius 3 is 2.48 bits per heavy atom. The molecule has 1 aromatic heterocycles. The van der Waals surface area contributed by atoms with Gasteiger partial charge < -0.3 is 16.0 Å². The molecule has 0 aliphatic carbocycles. The van der Waals surface area contributed by atoms with Gasteiger partial charge in [0.15, 0.2) is 0 Å². The minimum Gasteiger partial charge on any atom is -0.369 e. The van der Waals surface area contributed by atoms with Crippen molar-refractivity contribution in [3.8, 4) is 0 Å². The zero-order chi connectivity index (χ0) is 19.2. The number of carbonyl (C=O) groups excluding carboxylic acids is 2. The highest BCUT2D eigenvalue weighted by Crippen LogP contribution is 2.24. The molecule has 1 saturated heterocycles. The van der Waals surface area contributed by atoms with E-state index in [9.17, 15) is 9.59 Å². The van der Waals surface area contributed by atoms with Crippen molar-refractivity contribution < 1.29 is 9.59 Å². The van der Waals surface area contributed by atoms with Crippen LogP contribution in [-0.2, 0) is 4.79 Å². The summed E-state index contributed by atoms with van der Waals surface area (Å²) in [4.78, 5) is 32.5. The Morgan fingerprint density at radius 2 is 1.85 bits per heavy atom. The van der Waals surface area contributed by atoms with Gasteiger partial charge in [-0.1, -0.05) is 30.3 Å². The number of aromatic nitrogens is 1. The SMILES string of the molecule is CCNC(=O)c1cc(N2CCN(C(C(N)=O)c3ccccc3)CC2)ccn1. The van der Waals surface area contributed by atoms with Crippen LogP contribution in [0, 0.1) is 0 Å². The lowest BCUT2D eigenvalue weighted by Crippen LogP contribution is -2.50. The standard InChI is InChI=1S/C20H25N5O2/c1-2-22-20(27)17-14-16(8-9-23-17)24-10-12-25(13-11-24)18(19(21)26)15-6-4-3-5-7-15/h3-9,14,18H,2,10-13H2,1H3,(H2,21,26)(H,22,27). The molecule has 0 spiro atoms. The number of rotatable bonds is 6. The maximum atomic E-state index is 12.0. The largest absolute Gasteiger partial charge is 0.369 e. The summed E-state index contributed by atoms with van der Waals surface area (Å²) in [6, 6.07) is 12.9. The molecule has 2 heterocycles. The van der Waals surface area contributed by atoms with Crippen LogP contribution >= 0.6 is 0 Å². The number of pyridine rings is 1. The second-order valence-electron chi connectivity index (χ2n) is 6.50. The Labute approximate surface area is 159 Å². The molecule has 3 rings (SSSR count). The van der Waals surface area contributed by atoms with E-state index in [1.165, 1.54) is 0 Å². The summed E-state index contributed by atoms with van der Waals surface area (Å²) in [5.41, 5.74) is 7.97. The number of nitrogens with two attached hydrogens (primary N) is 1. The van der Waals surface area contributed by atoms with Crippen LogP contribution in [0.15, 0.2) is 48.7 Å². The summed E-state index contributed by atoms with van der Waals surface area (Å²) >= 11 is 0. The van der Waals surface area contributed by atoms with Crippen LogP contribution in [0.5, 0.6) is 0 Å². The van der Waals surface area contributed by atoms with Gasteiger partial charge in [0.25, 0.3) is 5.91 Å². The predicted molar refractivity (Wildman–Crippen MR) is 104 cm³/mol. The lowest BCUT2D eigenvalue weighted by atomic mass is 10.0. The molecule has 7 nitrogen and oxygen atoms in total. The van der Waals surface area contributed by atoms with Crippen molar-refractivity contribution in [3.05, 3.63) is 59.9 Å².